The largest absolute Gasteiger partial charge is 0.228 e. The molecule has 1 aromatic heterocycles. The molecule has 0 fully saturated rings. The van der Waals surface area contributed by atoms with Gasteiger partial charge in [0.05, 0.1) is 16.6 Å². The van der Waals surface area contributed by atoms with Crippen LogP contribution in [0.15, 0.2) is 182 Å². The van der Waals surface area contributed by atoms with Crippen LogP contribution in [-0.4, -0.2) is 9.97 Å². The minimum atomic E-state index is -0.419. The van der Waals surface area contributed by atoms with Crippen molar-refractivity contribution in [3.63, 3.8) is 0 Å². The van der Waals surface area contributed by atoms with Gasteiger partial charge < -0.3 is 0 Å². The van der Waals surface area contributed by atoms with Gasteiger partial charge in [-0.05, 0) is 56.6 Å². The third-order valence-electron chi connectivity index (χ3n) is 9.58. The van der Waals surface area contributed by atoms with Gasteiger partial charge in [-0.2, -0.15) is 0 Å². The van der Waals surface area contributed by atoms with E-state index in [2.05, 4.69) is 164 Å². The molecule has 2 heteroatoms. The smallest absolute Gasteiger partial charge is 0.160 e. The molecule has 2 nitrogen and oxygen atoms in total. The second kappa shape index (κ2) is 11.0. The summed E-state index contributed by atoms with van der Waals surface area (Å²) >= 11 is 0. The van der Waals surface area contributed by atoms with Crippen LogP contribution in [-0.2, 0) is 5.41 Å². The van der Waals surface area contributed by atoms with Crippen LogP contribution < -0.4 is 0 Å². The van der Waals surface area contributed by atoms with Crippen LogP contribution in [0.1, 0.15) is 22.3 Å². The Kier molecular flexibility index (Phi) is 6.39. The summed E-state index contributed by atoms with van der Waals surface area (Å²) in [5.41, 5.74) is 13.7. The Balaban J connectivity index is 1.17. The summed E-state index contributed by atoms with van der Waals surface area (Å²) in [7, 11) is 0. The number of para-hydroxylation sites is 1. The molecule has 0 amide bonds. The monoisotopic (exact) mass is 598 g/mol. The number of benzene rings is 7. The number of hydrogen-bond donors (Lipinski definition) is 0. The molecule has 0 spiro atoms. The molecule has 1 aliphatic carbocycles. The summed E-state index contributed by atoms with van der Waals surface area (Å²) in [6.07, 6.45) is 0. The van der Waals surface area contributed by atoms with E-state index < -0.39 is 5.41 Å². The summed E-state index contributed by atoms with van der Waals surface area (Å²) in [6, 6.07) is 65.1. The first-order chi connectivity index (χ1) is 23.3. The van der Waals surface area contributed by atoms with Gasteiger partial charge in [-0.15, -0.1) is 0 Å². The molecule has 8 aromatic rings. The molecular weight excluding hydrogens is 569 g/mol. The molecule has 7 aromatic carbocycles. The standard InChI is InChI=1S/C45H30N2/c1-3-14-32(15-4-1)43-39-22-9-12-25-42(39)46-44(47-43)33-28-26-31(27-29-33)34-16-13-19-36(30-34)45(35-17-5-2-6-18-35)40-23-10-7-20-37(40)38-21-8-11-24-41(38)45/h1-30H. The van der Waals surface area contributed by atoms with E-state index in [9.17, 15) is 0 Å². The average molecular weight is 599 g/mol. The molecule has 0 N–H and O–H groups in total. The van der Waals surface area contributed by atoms with Gasteiger partial charge in [0, 0.05) is 16.5 Å². The van der Waals surface area contributed by atoms with Crippen LogP contribution in [0, 0.1) is 0 Å². The second-order valence-electron chi connectivity index (χ2n) is 12.1. The van der Waals surface area contributed by atoms with Gasteiger partial charge in [-0.1, -0.05) is 170 Å². The topological polar surface area (TPSA) is 25.8 Å². The number of fused-ring (bicyclic) bond motifs is 4. The van der Waals surface area contributed by atoms with Gasteiger partial charge in [0.25, 0.3) is 0 Å². The summed E-state index contributed by atoms with van der Waals surface area (Å²) < 4.78 is 0. The van der Waals surface area contributed by atoms with Crippen LogP contribution in [0.2, 0.25) is 0 Å². The fourth-order valence-electron chi connectivity index (χ4n) is 7.48. The Bertz CT molecular complexity index is 2350. The fraction of sp³-hybridized carbons (Fsp3) is 0.0222. The SMILES string of the molecule is c1ccc(-c2nc(-c3ccc(-c4cccc(C5(c6ccccc6)c6ccccc6-c6ccccc65)c4)cc3)nc3ccccc23)cc1. The normalized spacial score (nSPS) is 12.9. The number of nitrogens with zero attached hydrogens (tertiary/aromatic N) is 2. The Morgan fingerprint density at radius 1 is 0.362 bits per heavy atom. The predicted octanol–water partition coefficient (Wildman–Crippen LogP) is 11.0. The lowest BCUT2D eigenvalue weighted by atomic mass is 9.67. The van der Waals surface area contributed by atoms with E-state index >= 15 is 0 Å². The minimum absolute atomic E-state index is 0.419. The van der Waals surface area contributed by atoms with Crippen molar-refractivity contribution < 1.29 is 0 Å². The fourth-order valence-corrected chi connectivity index (χ4v) is 7.48. The third kappa shape index (κ3) is 4.34. The maximum Gasteiger partial charge on any atom is 0.160 e. The van der Waals surface area contributed by atoms with Crippen molar-refractivity contribution in [3.8, 4) is 44.9 Å². The predicted molar refractivity (Wildman–Crippen MR) is 193 cm³/mol. The van der Waals surface area contributed by atoms with E-state index in [1.165, 1.54) is 38.9 Å². The van der Waals surface area contributed by atoms with Gasteiger partial charge in [0.15, 0.2) is 5.82 Å². The molecule has 9 rings (SSSR count). The highest BCUT2D eigenvalue weighted by atomic mass is 14.9. The molecule has 0 saturated heterocycles. The molecule has 0 saturated carbocycles. The van der Waals surface area contributed by atoms with E-state index in [4.69, 9.17) is 9.97 Å². The first-order valence-corrected chi connectivity index (χ1v) is 16.1. The van der Waals surface area contributed by atoms with Crippen LogP contribution >= 0.6 is 0 Å². The van der Waals surface area contributed by atoms with Crippen molar-refractivity contribution in [1.82, 2.24) is 9.97 Å². The number of rotatable bonds is 5. The summed E-state index contributed by atoms with van der Waals surface area (Å²) in [6.45, 7) is 0. The lowest BCUT2D eigenvalue weighted by Gasteiger charge is -2.34. The zero-order valence-electron chi connectivity index (χ0n) is 25.7. The summed E-state index contributed by atoms with van der Waals surface area (Å²) in [5, 5.41) is 1.05. The zero-order chi connectivity index (χ0) is 31.2. The van der Waals surface area contributed by atoms with Gasteiger partial charge in [-0.3, -0.25) is 0 Å². The van der Waals surface area contributed by atoms with Crippen molar-refractivity contribution in [3.05, 3.63) is 204 Å². The summed E-state index contributed by atoms with van der Waals surface area (Å²) in [5.74, 6) is 0.727. The third-order valence-corrected chi connectivity index (χ3v) is 9.58. The quantitative estimate of drug-likeness (QED) is 0.197. The van der Waals surface area contributed by atoms with Crippen LogP contribution in [0.4, 0.5) is 0 Å². The zero-order valence-corrected chi connectivity index (χ0v) is 25.7. The van der Waals surface area contributed by atoms with Gasteiger partial charge in [0.2, 0.25) is 0 Å². The van der Waals surface area contributed by atoms with Crippen molar-refractivity contribution >= 4 is 10.9 Å². The first-order valence-electron chi connectivity index (χ1n) is 16.1. The molecule has 0 atom stereocenters. The Morgan fingerprint density at radius 3 is 1.64 bits per heavy atom. The average Bonchev–Trinajstić information content (AvgIpc) is 3.46. The molecule has 1 aliphatic rings. The Labute approximate surface area is 274 Å². The maximum atomic E-state index is 5.08. The van der Waals surface area contributed by atoms with Crippen LogP contribution in [0.3, 0.4) is 0 Å². The highest BCUT2D eigenvalue weighted by molar-refractivity contribution is 5.93. The van der Waals surface area contributed by atoms with Gasteiger partial charge >= 0.3 is 0 Å². The van der Waals surface area contributed by atoms with Gasteiger partial charge in [0.1, 0.15) is 0 Å². The highest BCUT2D eigenvalue weighted by Crippen LogP contribution is 2.56. The number of aromatic nitrogens is 2. The Morgan fingerprint density at radius 2 is 0.915 bits per heavy atom. The van der Waals surface area contributed by atoms with Gasteiger partial charge in [-0.25, -0.2) is 9.97 Å². The number of hydrogen-bond acceptors (Lipinski definition) is 2. The molecule has 0 unspecified atom stereocenters. The van der Waals surface area contributed by atoms with E-state index in [1.54, 1.807) is 0 Å². The summed E-state index contributed by atoms with van der Waals surface area (Å²) in [4.78, 5) is 10.1. The molecule has 0 radical (unpaired) electrons. The van der Waals surface area contributed by atoms with Crippen molar-refractivity contribution in [2.24, 2.45) is 0 Å². The Hall–Kier alpha value is -6.12. The maximum absolute atomic E-state index is 5.08. The molecule has 220 valence electrons. The second-order valence-corrected chi connectivity index (χ2v) is 12.1. The van der Waals surface area contributed by atoms with E-state index in [0.29, 0.717) is 0 Å². The minimum Gasteiger partial charge on any atom is -0.228 e. The molecule has 0 bridgehead atoms. The lowest BCUT2D eigenvalue weighted by molar-refractivity contribution is 0.769. The van der Waals surface area contributed by atoms with Crippen molar-refractivity contribution in [1.29, 1.82) is 0 Å². The van der Waals surface area contributed by atoms with E-state index in [-0.39, 0.29) is 0 Å². The van der Waals surface area contributed by atoms with Crippen molar-refractivity contribution in [2.75, 3.05) is 0 Å². The highest BCUT2D eigenvalue weighted by Gasteiger charge is 2.45. The molecular formula is C45H30N2. The first kappa shape index (κ1) is 27.2. The molecule has 1 heterocycles. The van der Waals surface area contributed by atoms with Crippen LogP contribution in [0.25, 0.3) is 55.8 Å². The van der Waals surface area contributed by atoms with Crippen molar-refractivity contribution in [2.45, 2.75) is 5.41 Å². The molecule has 0 aliphatic heterocycles. The molecule has 47 heavy (non-hydrogen) atoms. The van der Waals surface area contributed by atoms with E-state index in [1.807, 2.05) is 18.2 Å². The lowest BCUT2D eigenvalue weighted by Crippen LogP contribution is -2.28. The van der Waals surface area contributed by atoms with Crippen LogP contribution in [0.5, 0.6) is 0 Å². The van der Waals surface area contributed by atoms with E-state index in [0.717, 1.165) is 39.1 Å².